The molecule has 0 aliphatic heterocycles. The topological polar surface area (TPSA) is 17.8 Å². The molecular weight excluding hydrogens is 200 g/mol. The summed E-state index contributed by atoms with van der Waals surface area (Å²) in [6, 6.07) is 4.22. The Labute approximate surface area is 85.6 Å². The molecule has 2 nitrogen and oxygen atoms in total. The fourth-order valence-corrected chi connectivity index (χ4v) is 2.74. The average Bonchev–Trinajstić information content (AvgIpc) is 2.71. The molecule has 2 aromatic heterocycles. The molecule has 0 aliphatic carbocycles. The number of aromatic nitrogens is 2. The normalized spacial score (nSPS) is 10.5. The van der Waals surface area contributed by atoms with Gasteiger partial charge < -0.3 is 0 Å². The Kier molecular flexibility index (Phi) is 2.71. The van der Waals surface area contributed by atoms with E-state index in [-0.39, 0.29) is 0 Å². The second-order valence-corrected chi connectivity index (χ2v) is 4.97. The minimum Gasteiger partial charge on any atom is -0.276 e. The van der Waals surface area contributed by atoms with E-state index in [4.69, 9.17) is 0 Å². The van der Waals surface area contributed by atoms with Gasteiger partial charge in [0.25, 0.3) is 0 Å². The summed E-state index contributed by atoms with van der Waals surface area (Å²) < 4.78 is 3.20. The molecule has 0 spiro atoms. The molecule has 0 amide bonds. The van der Waals surface area contributed by atoms with Gasteiger partial charge in [0.1, 0.15) is 0 Å². The van der Waals surface area contributed by atoms with Crippen molar-refractivity contribution in [2.24, 2.45) is 7.05 Å². The zero-order valence-corrected chi connectivity index (χ0v) is 8.94. The van der Waals surface area contributed by atoms with E-state index in [0.29, 0.717) is 0 Å². The van der Waals surface area contributed by atoms with E-state index in [1.807, 2.05) is 29.7 Å². The monoisotopic (exact) mass is 210 g/mol. The Morgan fingerprint density at radius 2 is 2.54 bits per heavy atom. The molecule has 0 atom stereocenters. The van der Waals surface area contributed by atoms with Crippen LogP contribution < -0.4 is 0 Å². The van der Waals surface area contributed by atoms with Gasteiger partial charge in [0.05, 0.1) is 10.4 Å². The van der Waals surface area contributed by atoms with E-state index in [1.54, 1.807) is 11.3 Å². The molecule has 0 aliphatic rings. The lowest BCUT2D eigenvalue weighted by molar-refractivity contribution is 0.767. The highest BCUT2D eigenvalue weighted by Gasteiger charge is 1.98. The van der Waals surface area contributed by atoms with Gasteiger partial charge in [-0.05, 0) is 11.4 Å². The first-order chi connectivity index (χ1) is 6.34. The average molecular weight is 210 g/mol. The third-order valence-corrected chi connectivity index (χ3v) is 3.84. The standard InChI is InChI=1S/C9H10N2S2/c1-11-6-8(5-10-11)7-13-9-3-2-4-12-9/h2-6H,7H2,1H3. The number of thioether (sulfide) groups is 1. The molecule has 13 heavy (non-hydrogen) atoms. The third-order valence-electron chi connectivity index (χ3n) is 1.63. The fraction of sp³-hybridized carbons (Fsp3) is 0.222. The van der Waals surface area contributed by atoms with Crippen molar-refractivity contribution in [1.29, 1.82) is 0 Å². The van der Waals surface area contributed by atoms with Crippen LogP contribution in [0.25, 0.3) is 0 Å². The van der Waals surface area contributed by atoms with Gasteiger partial charge in [-0.3, -0.25) is 4.68 Å². The van der Waals surface area contributed by atoms with Crippen LogP contribution in [0.15, 0.2) is 34.1 Å². The Balaban J connectivity index is 1.93. The minimum atomic E-state index is 1.01. The Morgan fingerprint density at radius 1 is 1.62 bits per heavy atom. The maximum atomic E-state index is 4.12. The predicted molar refractivity (Wildman–Crippen MR) is 57.1 cm³/mol. The highest BCUT2D eigenvalue weighted by molar-refractivity contribution is 8.00. The smallest absolute Gasteiger partial charge is 0.0601 e. The van der Waals surface area contributed by atoms with Gasteiger partial charge in [0, 0.05) is 24.6 Å². The van der Waals surface area contributed by atoms with Crippen LogP contribution >= 0.6 is 23.1 Å². The number of aryl methyl sites for hydroxylation is 1. The number of thiophene rings is 1. The second kappa shape index (κ2) is 3.98. The zero-order chi connectivity index (χ0) is 9.10. The summed E-state index contributed by atoms with van der Waals surface area (Å²) in [4.78, 5) is 0. The SMILES string of the molecule is Cn1cc(CSc2cccs2)cn1. The maximum absolute atomic E-state index is 4.12. The van der Waals surface area contributed by atoms with E-state index < -0.39 is 0 Å². The lowest BCUT2D eigenvalue weighted by Gasteiger charge is -1.93. The van der Waals surface area contributed by atoms with Crippen molar-refractivity contribution in [3.63, 3.8) is 0 Å². The van der Waals surface area contributed by atoms with Crippen molar-refractivity contribution in [3.8, 4) is 0 Å². The molecule has 0 unspecified atom stereocenters. The van der Waals surface area contributed by atoms with Crippen LogP contribution in [-0.4, -0.2) is 9.78 Å². The molecular formula is C9H10N2S2. The molecule has 2 aromatic rings. The van der Waals surface area contributed by atoms with Gasteiger partial charge in [-0.1, -0.05) is 6.07 Å². The molecule has 0 aromatic carbocycles. The van der Waals surface area contributed by atoms with Crippen LogP contribution in [0.5, 0.6) is 0 Å². The number of hydrogen-bond acceptors (Lipinski definition) is 3. The first kappa shape index (κ1) is 8.84. The first-order valence-electron chi connectivity index (χ1n) is 3.98. The van der Waals surface area contributed by atoms with E-state index in [9.17, 15) is 0 Å². The van der Waals surface area contributed by atoms with E-state index in [0.717, 1.165) is 5.75 Å². The summed E-state index contributed by atoms with van der Waals surface area (Å²) in [6.45, 7) is 0. The van der Waals surface area contributed by atoms with Crippen molar-refractivity contribution in [2.75, 3.05) is 0 Å². The highest BCUT2D eigenvalue weighted by atomic mass is 32.2. The summed E-state index contributed by atoms with van der Waals surface area (Å²) in [7, 11) is 1.94. The summed E-state index contributed by atoms with van der Waals surface area (Å²) in [6.07, 6.45) is 3.97. The Hall–Kier alpha value is -0.740. The number of nitrogens with zero attached hydrogens (tertiary/aromatic N) is 2. The fourth-order valence-electron chi connectivity index (χ4n) is 1.05. The number of rotatable bonds is 3. The van der Waals surface area contributed by atoms with E-state index >= 15 is 0 Å². The second-order valence-electron chi connectivity index (χ2n) is 2.74. The van der Waals surface area contributed by atoms with Crippen LogP contribution in [0, 0.1) is 0 Å². The minimum absolute atomic E-state index is 1.01. The number of hydrogen-bond donors (Lipinski definition) is 0. The van der Waals surface area contributed by atoms with Gasteiger partial charge in [-0.15, -0.1) is 23.1 Å². The lowest BCUT2D eigenvalue weighted by atomic mass is 10.4. The quantitative estimate of drug-likeness (QED) is 0.725. The largest absolute Gasteiger partial charge is 0.276 e. The van der Waals surface area contributed by atoms with Crippen LogP contribution in [-0.2, 0) is 12.8 Å². The van der Waals surface area contributed by atoms with Crippen LogP contribution in [0.1, 0.15) is 5.56 Å². The molecule has 0 saturated heterocycles. The zero-order valence-electron chi connectivity index (χ0n) is 7.30. The van der Waals surface area contributed by atoms with Crippen molar-refractivity contribution in [1.82, 2.24) is 9.78 Å². The molecule has 2 rings (SSSR count). The first-order valence-corrected chi connectivity index (χ1v) is 5.85. The molecule has 0 fully saturated rings. The summed E-state index contributed by atoms with van der Waals surface area (Å²) >= 11 is 3.64. The molecule has 0 saturated carbocycles. The maximum Gasteiger partial charge on any atom is 0.0601 e. The Bertz CT molecular complexity index is 365. The van der Waals surface area contributed by atoms with Crippen LogP contribution in [0.2, 0.25) is 0 Å². The van der Waals surface area contributed by atoms with Crippen LogP contribution in [0.4, 0.5) is 0 Å². The molecule has 4 heteroatoms. The summed E-state index contributed by atoms with van der Waals surface area (Å²) in [5.74, 6) is 1.01. The van der Waals surface area contributed by atoms with E-state index in [1.165, 1.54) is 9.77 Å². The van der Waals surface area contributed by atoms with Gasteiger partial charge in [0.15, 0.2) is 0 Å². The van der Waals surface area contributed by atoms with Crippen molar-refractivity contribution < 1.29 is 0 Å². The summed E-state index contributed by atoms with van der Waals surface area (Å²) in [5, 5.41) is 6.23. The molecule has 0 N–H and O–H groups in total. The van der Waals surface area contributed by atoms with Gasteiger partial charge in [0.2, 0.25) is 0 Å². The van der Waals surface area contributed by atoms with Gasteiger partial charge >= 0.3 is 0 Å². The van der Waals surface area contributed by atoms with Crippen molar-refractivity contribution in [3.05, 3.63) is 35.5 Å². The molecule has 68 valence electrons. The molecule has 0 radical (unpaired) electrons. The van der Waals surface area contributed by atoms with Crippen LogP contribution in [0.3, 0.4) is 0 Å². The molecule has 2 heterocycles. The van der Waals surface area contributed by atoms with Crippen molar-refractivity contribution in [2.45, 2.75) is 9.96 Å². The van der Waals surface area contributed by atoms with Crippen molar-refractivity contribution >= 4 is 23.1 Å². The Morgan fingerprint density at radius 3 is 3.15 bits per heavy atom. The van der Waals surface area contributed by atoms with Gasteiger partial charge in [-0.25, -0.2) is 0 Å². The van der Waals surface area contributed by atoms with E-state index in [2.05, 4.69) is 28.8 Å². The predicted octanol–water partition coefficient (Wildman–Crippen LogP) is 2.77. The highest BCUT2D eigenvalue weighted by Crippen LogP contribution is 2.26. The summed E-state index contributed by atoms with van der Waals surface area (Å²) in [5.41, 5.74) is 1.28. The molecule has 0 bridgehead atoms. The third kappa shape index (κ3) is 2.35. The lowest BCUT2D eigenvalue weighted by Crippen LogP contribution is -1.84. The van der Waals surface area contributed by atoms with Gasteiger partial charge in [-0.2, -0.15) is 5.10 Å².